The van der Waals surface area contributed by atoms with E-state index in [0.29, 0.717) is 28.8 Å². The van der Waals surface area contributed by atoms with Crippen LogP contribution in [0, 0.1) is 0 Å². The molecule has 0 aliphatic rings. The number of nitrogens with zero attached hydrogens (tertiary/aromatic N) is 4. The van der Waals surface area contributed by atoms with Gasteiger partial charge in [-0.1, -0.05) is 36.0 Å². The summed E-state index contributed by atoms with van der Waals surface area (Å²) in [5.74, 6) is 0.997. The van der Waals surface area contributed by atoms with Crippen LogP contribution in [0.25, 0.3) is 11.4 Å². The molecule has 0 saturated carbocycles. The minimum Gasteiger partial charge on any atom is -0.298 e. The summed E-state index contributed by atoms with van der Waals surface area (Å²) in [4.78, 5) is 4.08. The molecular weight excluding hydrogens is 361 g/mol. The first-order valence-corrected chi connectivity index (χ1v) is 8.71. The number of rotatable bonds is 6. The molecule has 26 heavy (non-hydrogen) atoms. The van der Waals surface area contributed by atoms with E-state index < -0.39 is 11.7 Å². The summed E-state index contributed by atoms with van der Waals surface area (Å²) >= 11 is 1.33. The summed E-state index contributed by atoms with van der Waals surface area (Å²) in [5.41, 5.74) is 0.730. The van der Waals surface area contributed by atoms with Crippen molar-refractivity contribution in [1.82, 2.24) is 19.7 Å². The summed E-state index contributed by atoms with van der Waals surface area (Å²) in [6.07, 6.45) is 0.723. The third-order valence-corrected chi connectivity index (χ3v) is 4.61. The lowest BCUT2D eigenvalue weighted by molar-refractivity contribution is -0.137. The van der Waals surface area contributed by atoms with Gasteiger partial charge in [0, 0.05) is 30.3 Å². The molecule has 0 saturated heterocycles. The third-order valence-electron chi connectivity index (χ3n) is 3.57. The molecule has 0 atom stereocenters. The highest BCUT2D eigenvalue weighted by Gasteiger charge is 2.30. The smallest absolute Gasteiger partial charge is 0.298 e. The fraction of sp³-hybridized carbons (Fsp3) is 0.167. The normalized spacial score (nSPS) is 11.5. The highest BCUT2D eigenvalue weighted by molar-refractivity contribution is 7.98. The van der Waals surface area contributed by atoms with E-state index in [1.54, 1.807) is 30.6 Å². The second-order valence-corrected chi connectivity index (χ2v) is 6.38. The first-order chi connectivity index (χ1) is 12.5. The van der Waals surface area contributed by atoms with Gasteiger partial charge < -0.3 is 0 Å². The van der Waals surface area contributed by atoms with Crippen LogP contribution in [0.4, 0.5) is 13.2 Å². The molecule has 3 rings (SSSR count). The molecule has 4 nitrogen and oxygen atoms in total. The van der Waals surface area contributed by atoms with Crippen LogP contribution in [0.2, 0.25) is 0 Å². The lowest BCUT2D eigenvalue weighted by Crippen LogP contribution is -2.05. The van der Waals surface area contributed by atoms with Crippen molar-refractivity contribution >= 4 is 11.8 Å². The van der Waals surface area contributed by atoms with Crippen LogP contribution in [0.15, 0.2) is 66.6 Å². The average molecular weight is 376 g/mol. The molecule has 0 aliphatic carbocycles. The fourth-order valence-corrected chi connectivity index (χ4v) is 3.27. The van der Waals surface area contributed by atoms with Gasteiger partial charge in [0.2, 0.25) is 0 Å². The molecule has 3 aromatic rings. The van der Waals surface area contributed by atoms with Crippen molar-refractivity contribution in [2.45, 2.75) is 23.6 Å². The zero-order chi connectivity index (χ0) is 18.6. The molecule has 2 aromatic heterocycles. The first-order valence-electron chi connectivity index (χ1n) is 7.72. The topological polar surface area (TPSA) is 43.6 Å². The van der Waals surface area contributed by atoms with Gasteiger partial charge in [0.05, 0.1) is 5.56 Å². The number of halogens is 3. The summed E-state index contributed by atoms with van der Waals surface area (Å²) in [7, 11) is 0. The van der Waals surface area contributed by atoms with Crippen molar-refractivity contribution in [3.05, 3.63) is 72.6 Å². The fourth-order valence-electron chi connectivity index (χ4n) is 2.38. The molecule has 0 spiro atoms. The SMILES string of the molecule is C=CCn1c(SCc2cccc(C(F)(F)F)c2)nnc1-c1cccnc1. The Morgan fingerprint density at radius 1 is 1.15 bits per heavy atom. The van der Waals surface area contributed by atoms with Gasteiger partial charge in [-0.05, 0) is 23.8 Å². The highest BCUT2D eigenvalue weighted by Crippen LogP contribution is 2.31. The van der Waals surface area contributed by atoms with Crippen molar-refractivity contribution in [3.63, 3.8) is 0 Å². The number of hydrogen-bond acceptors (Lipinski definition) is 4. The summed E-state index contributed by atoms with van der Waals surface area (Å²) in [5, 5.41) is 8.99. The molecule has 0 amide bonds. The van der Waals surface area contributed by atoms with Gasteiger partial charge in [-0.3, -0.25) is 9.55 Å². The van der Waals surface area contributed by atoms with Crippen LogP contribution in [0.5, 0.6) is 0 Å². The van der Waals surface area contributed by atoms with E-state index in [1.165, 1.54) is 17.8 Å². The molecule has 0 unspecified atom stereocenters. The van der Waals surface area contributed by atoms with Crippen molar-refractivity contribution in [1.29, 1.82) is 0 Å². The maximum atomic E-state index is 12.8. The van der Waals surface area contributed by atoms with E-state index in [-0.39, 0.29) is 0 Å². The monoisotopic (exact) mass is 376 g/mol. The second kappa shape index (κ2) is 7.74. The van der Waals surface area contributed by atoms with Crippen molar-refractivity contribution in [2.75, 3.05) is 0 Å². The third kappa shape index (κ3) is 4.13. The van der Waals surface area contributed by atoms with Crippen LogP contribution in [0.3, 0.4) is 0 Å². The van der Waals surface area contributed by atoms with Gasteiger partial charge in [-0.25, -0.2) is 0 Å². The summed E-state index contributed by atoms with van der Waals surface area (Å²) in [6.45, 7) is 4.23. The highest BCUT2D eigenvalue weighted by atomic mass is 32.2. The Morgan fingerprint density at radius 3 is 2.69 bits per heavy atom. The maximum absolute atomic E-state index is 12.8. The molecule has 134 valence electrons. The van der Waals surface area contributed by atoms with E-state index in [0.717, 1.165) is 17.7 Å². The zero-order valence-electron chi connectivity index (χ0n) is 13.6. The van der Waals surface area contributed by atoms with E-state index in [4.69, 9.17) is 0 Å². The minimum atomic E-state index is -4.35. The Bertz CT molecular complexity index is 891. The molecule has 1 aromatic carbocycles. The summed E-state index contributed by atoms with van der Waals surface area (Å²) in [6, 6.07) is 8.97. The molecule has 2 heterocycles. The Kier molecular flexibility index (Phi) is 5.41. The number of hydrogen-bond donors (Lipinski definition) is 0. The van der Waals surface area contributed by atoms with Crippen LogP contribution < -0.4 is 0 Å². The molecule has 0 fully saturated rings. The molecular formula is C18H15F3N4S. The van der Waals surface area contributed by atoms with Crippen LogP contribution in [-0.2, 0) is 18.5 Å². The van der Waals surface area contributed by atoms with E-state index in [9.17, 15) is 13.2 Å². The van der Waals surface area contributed by atoms with E-state index >= 15 is 0 Å². The lowest BCUT2D eigenvalue weighted by Gasteiger charge is -2.09. The maximum Gasteiger partial charge on any atom is 0.416 e. The largest absolute Gasteiger partial charge is 0.416 e. The van der Waals surface area contributed by atoms with Crippen molar-refractivity contribution in [3.8, 4) is 11.4 Å². The lowest BCUT2D eigenvalue weighted by atomic mass is 10.1. The number of pyridine rings is 1. The number of thioether (sulfide) groups is 1. The number of allylic oxidation sites excluding steroid dienone is 1. The van der Waals surface area contributed by atoms with Gasteiger partial charge in [0.15, 0.2) is 11.0 Å². The predicted octanol–water partition coefficient (Wildman–Crippen LogP) is 4.84. The first kappa shape index (κ1) is 18.2. The Balaban J connectivity index is 1.83. The number of aromatic nitrogens is 4. The molecule has 0 aliphatic heterocycles. The van der Waals surface area contributed by atoms with Gasteiger partial charge in [-0.15, -0.1) is 16.8 Å². The Morgan fingerprint density at radius 2 is 2.00 bits per heavy atom. The molecule has 0 radical (unpaired) electrons. The predicted molar refractivity (Wildman–Crippen MR) is 94.5 cm³/mol. The average Bonchev–Trinajstić information content (AvgIpc) is 3.03. The van der Waals surface area contributed by atoms with Crippen molar-refractivity contribution < 1.29 is 13.2 Å². The van der Waals surface area contributed by atoms with Crippen molar-refractivity contribution in [2.24, 2.45) is 0 Å². The molecule has 8 heteroatoms. The number of alkyl halides is 3. The minimum absolute atomic E-state index is 0.353. The van der Waals surface area contributed by atoms with E-state index in [2.05, 4.69) is 21.8 Å². The van der Waals surface area contributed by atoms with Crippen LogP contribution in [0.1, 0.15) is 11.1 Å². The molecule has 0 N–H and O–H groups in total. The van der Waals surface area contributed by atoms with Crippen LogP contribution >= 0.6 is 11.8 Å². The number of benzene rings is 1. The second-order valence-electron chi connectivity index (χ2n) is 5.43. The van der Waals surface area contributed by atoms with Crippen LogP contribution in [-0.4, -0.2) is 19.7 Å². The Labute approximate surface area is 152 Å². The van der Waals surface area contributed by atoms with Gasteiger partial charge in [0.1, 0.15) is 0 Å². The van der Waals surface area contributed by atoms with Gasteiger partial charge in [0.25, 0.3) is 0 Å². The quantitative estimate of drug-likeness (QED) is 0.456. The van der Waals surface area contributed by atoms with Gasteiger partial charge in [-0.2, -0.15) is 13.2 Å². The zero-order valence-corrected chi connectivity index (χ0v) is 14.5. The Hall–Kier alpha value is -2.61. The standard InChI is InChI=1S/C18H15F3N4S/c1-2-9-25-16(14-6-4-8-22-11-14)23-24-17(25)26-12-13-5-3-7-15(10-13)18(19,20)21/h2-8,10-11H,1,9,12H2. The molecule has 0 bridgehead atoms. The van der Waals surface area contributed by atoms with Gasteiger partial charge >= 0.3 is 6.18 Å². The summed E-state index contributed by atoms with van der Waals surface area (Å²) < 4.78 is 40.4. The van der Waals surface area contributed by atoms with E-state index in [1.807, 2.05) is 10.6 Å².